The van der Waals surface area contributed by atoms with Crippen molar-refractivity contribution in [3.63, 3.8) is 0 Å². The molecule has 44 heavy (non-hydrogen) atoms. The van der Waals surface area contributed by atoms with Crippen LogP contribution in [0.2, 0.25) is 18.1 Å². The highest BCUT2D eigenvalue weighted by Gasteiger charge is 2.62. The summed E-state index contributed by atoms with van der Waals surface area (Å²) in [5, 5.41) is -0.264. The molecular formula is C36H40INO4SSi. The van der Waals surface area contributed by atoms with E-state index in [-0.39, 0.29) is 22.4 Å². The monoisotopic (exact) mass is 737 g/mol. The summed E-state index contributed by atoms with van der Waals surface area (Å²) in [6.45, 7) is 15.2. The van der Waals surface area contributed by atoms with Gasteiger partial charge < -0.3 is 14.1 Å². The molecule has 5 nitrogen and oxygen atoms in total. The molecule has 2 fully saturated rings. The highest BCUT2D eigenvalue weighted by atomic mass is 127. The van der Waals surface area contributed by atoms with Crippen LogP contribution in [-0.2, 0) is 18.8 Å². The van der Waals surface area contributed by atoms with Gasteiger partial charge in [0, 0.05) is 4.75 Å². The molecule has 0 aromatic heterocycles. The standard InChI is InChI=1S/C36H40INO4SSi/c1-35(2,3)44(6,7)42-30(26-21-15-10-16-22-26)28(37)23-27-32(39)38-31(36(4,5)43-33(27)38)34(40)41-29(24-17-11-8-12-18-24)25-19-13-9-14-20-25/h8-22,29-31,33H,1-7H3/t23?,30?,31-,33+/m0/s1. The second-order valence-electron chi connectivity index (χ2n) is 13.4. The minimum Gasteiger partial charge on any atom is -0.451 e. The van der Waals surface area contributed by atoms with Gasteiger partial charge in [0.05, 0.1) is 9.15 Å². The predicted octanol–water partition coefficient (Wildman–Crippen LogP) is 8.99. The van der Waals surface area contributed by atoms with Gasteiger partial charge in [0.1, 0.15) is 17.5 Å². The third-order valence-electron chi connectivity index (χ3n) is 8.78. The number of carbonyl (C=O) groups is 2. The second-order valence-corrected chi connectivity index (χ2v) is 21.0. The van der Waals surface area contributed by atoms with E-state index in [9.17, 15) is 9.59 Å². The molecule has 0 aliphatic carbocycles. The molecule has 230 valence electrons. The number of esters is 1. The van der Waals surface area contributed by atoms with Crippen molar-refractivity contribution in [2.75, 3.05) is 0 Å². The summed E-state index contributed by atoms with van der Waals surface area (Å²) in [5.41, 5.74) is 6.83. The molecule has 1 amide bonds. The molecular weight excluding hydrogens is 697 g/mol. The summed E-state index contributed by atoms with van der Waals surface area (Å²) in [4.78, 5) is 29.4. The number of hydrogen-bond acceptors (Lipinski definition) is 5. The lowest BCUT2D eigenvalue weighted by Gasteiger charge is -2.40. The molecule has 2 heterocycles. The molecule has 3 aromatic rings. The number of hydrogen-bond donors (Lipinski definition) is 0. The van der Waals surface area contributed by atoms with Gasteiger partial charge in [-0.3, -0.25) is 4.79 Å². The van der Waals surface area contributed by atoms with Crippen molar-refractivity contribution in [1.29, 1.82) is 0 Å². The van der Waals surface area contributed by atoms with Crippen molar-refractivity contribution < 1.29 is 18.8 Å². The first kappa shape index (κ1) is 32.8. The second kappa shape index (κ2) is 12.6. The van der Waals surface area contributed by atoms with Crippen LogP contribution in [0, 0.1) is 0 Å². The molecule has 0 spiro atoms. The Balaban J connectivity index is 1.45. The average molecular weight is 738 g/mol. The molecule has 0 N–H and O–H groups in total. The number of ether oxygens (including phenoxy) is 1. The predicted molar refractivity (Wildman–Crippen MR) is 189 cm³/mol. The Morgan fingerprint density at radius 3 is 1.86 bits per heavy atom. The number of benzene rings is 3. The Bertz CT molecular complexity index is 1540. The van der Waals surface area contributed by atoms with Gasteiger partial charge in [0.15, 0.2) is 14.4 Å². The Kier molecular flexibility index (Phi) is 9.41. The molecule has 0 radical (unpaired) electrons. The van der Waals surface area contributed by atoms with Gasteiger partial charge in [-0.15, -0.1) is 11.8 Å². The van der Waals surface area contributed by atoms with Crippen molar-refractivity contribution in [2.24, 2.45) is 0 Å². The smallest absolute Gasteiger partial charge is 0.331 e. The molecule has 5 rings (SSSR count). The molecule has 3 aromatic carbocycles. The summed E-state index contributed by atoms with van der Waals surface area (Å²) < 4.78 is 13.4. The Morgan fingerprint density at radius 1 is 0.909 bits per heavy atom. The van der Waals surface area contributed by atoms with Crippen molar-refractivity contribution in [1.82, 2.24) is 4.90 Å². The number of β-lactam (4-membered cyclic amide) rings is 1. The maximum atomic E-state index is 13.9. The highest BCUT2D eigenvalue weighted by Crippen LogP contribution is 2.54. The summed E-state index contributed by atoms with van der Waals surface area (Å²) in [6.07, 6.45) is -0.902. The number of halogens is 1. The molecule has 0 bridgehead atoms. The summed E-state index contributed by atoms with van der Waals surface area (Å²) in [5.74, 6) is -0.587. The van der Waals surface area contributed by atoms with Crippen LogP contribution in [0.15, 0.2) is 106 Å². The number of amides is 1. The molecule has 1 unspecified atom stereocenters. The highest BCUT2D eigenvalue weighted by molar-refractivity contribution is 14.1. The lowest BCUT2D eigenvalue weighted by Crippen LogP contribution is -2.58. The van der Waals surface area contributed by atoms with Crippen LogP contribution in [0.25, 0.3) is 0 Å². The van der Waals surface area contributed by atoms with Crippen LogP contribution in [0.5, 0.6) is 0 Å². The largest absolute Gasteiger partial charge is 0.451 e. The SMILES string of the molecule is CC1(C)S[C@@H]2C(=C=C(I)C(O[Si](C)(C)C(C)(C)C)c3ccccc3)C(=O)N2[C@H]1C(=O)OC(c1ccccc1)c1ccccc1. The van der Waals surface area contributed by atoms with E-state index in [1.807, 2.05) is 92.7 Å². The fourth-order valence-electron chi connectivity index (χ4n) is 5.32. The zero-order chi connectivity index (χ0) is 31.9. The van der Waals surface area contributed by atoms with Gasteiger partial charge in [-0.2, -0.15) is 0 Å². The zero-order valence-electron chi connectivity index (χ0n) is 26.3. The van der Waals surface area contributed by atoms with Gasteiger partial charge in [0.25, 0.3) is 5.91 Å². The number of carbonyl (C=O) groups excluding carboxylic acids is 2. The van der Waals surface area contributed by atoms with Crippen LogP contribution < -0.4 is 0 Å². The lowest BCUT2D eigenvalue weighted by molar-refractivity contribution is -0.160. The van der Waals surface area contributed by atoms with Crippen LogP contribution >= 0.6 is 34.4 Å². The lowest BCUT2D eigenvalue weighted by atomic mass is 9.95. The van der Waals surface area contributed by atoms with Crippen molar-refractivity contribution in [2.45, 2.75) is 81.1 Å². The first-order valence-electron chi connectivity index (χ1n) is 14.9. The first-order chi connectivity index (χ1) is 20.7. The summed E-state index contributed by atoms with van der Waals surface area (Å²) in [6, 6.07) is 28.9. The molecule has 2 saturated heterocycles. The quantitative estimate of drug-likeness (QED) is 0.0577. The Labute approximate surface area is 280 Å². The molecule has 2 aliphatic heterocycles. The van der Waals surface area contributed by atoms with E-state index in [2.05, 4.69) is 74.3 Å². The number of rotatable bonds is 8. The minimum absolute atomic E-state index is 0.0173. The molecule has 8 heteroatoms. The fourth-order valence-corrected chi connectivity index (χ4v) is 9.05. The van der Waals surface area contributed by atoms with E-state index in [1.165, 1.54) is 0 Å². The van der Waals surface area contributed by atoms with Crippen LogP contribution in [0.4, 0.5) is 0 Å². The number of nitrogens with zero attached hydrogens (tertiary/aromatic N) is 1. The average Bonchev–Trinajstić information content (AvgIpc) is 3.25. The number of thioether (sulfide) groups is 1. The maximum Gasteiger partial charge on any atom is 0.331 e. The van der Waals surface area contributed by atoms with Crippen molar-refractivity contribution in [3.05, 3.63) is 123 Å². The Hall–Kier alpha value is -2.62. The van der Waals surface area contributed by atoms with Gasteiger partial charge >= 0.3 is 5.97 Å². The van der Waals surface area contributed by atoms with Gasteiger partial charge in [0.2, 0.25) is 0 Å². The Morgan fingerprint density at radius 2 is 1.39 bits per heavy atom. The van der Waals surface area contributed by atoms with E-state index in [0.29, 0.717) is 5.57 Å². The van der Waals surface area contributed by atoms with E-state index in [4.69, 9.17) is 9.16 Å². The molecule has 2 aliphatic rings. The third-order valence-corrected chi connectivity index (χ3v) is 15.6. The van der Waals surface area contributed by atoms with Gasteiger partial charge in [-0.05, 0) is 71.3 Å². The van der Waals surface area contributed by atoms with E-state index >= 15 is 0 Å². The van der Waals surface area contributed by atoms with Crippen LogP contribution in [0.3, 0.4) is 0 Å². The van der Waals surface area contributed by atoms with Gasteiger partial charge in [-0.1, -0.05) is 117 Å². The molecule has 3 atom stereocenters. The summed E-state index contributed by atoms with van der Waals surface area (Å²) in [7, 11) is -2.16. The summed E-state index contributed by atoms with van der Waals surface area (Å²) >= 11 is 3.89. The first-order valence-corrected chi connectivity index (χ1v) is 19.8. The van der Waals surface area contributed by atoms with Crippen LogP contribution in [0.1, 0.15) is 63.5 Å². The van der Waals surface area contributed by atoms with E-state index in [1.54, 1.807) is 16.7 Å². The number of fused-ring (bicyclic) bond motifs is 1. The van der Waals surface area contributed by atoms with Crippen molar-refractivity contribution in [3.8, 4) is 0 Å². The fraction of sp³-hybridized carbons (Fsp3) is 0.361. The zero-order valence-corrected chi connectivity index (χ0v) is 30.3. The third kappa shape index (κ3) is 6.51. The van der Waals surface area contributed by atoms with E-state index < -0.39 is 31.2 Å². The van der Waals surface area contributed by atoms with E-state index in [0.717, 1.165) is 20.3 Å². The van der Waals surface area contributed by atoms with Gasteiger partial charge in [-0.25, -0.2) is 4.79 Å². The molecule has 0 saturated carbocycles. The normalized spacial score (nSPS) is 20.1. The topological polar surface area (TPSA) is 55.8 Å². The maximum absolute atomic E-state index is 13.9. The van der Waals surface area contributed by atoms with Crippen LogP contribution in [-0.4, -0.2) is 41.3 Å². The van der Waals surface area contributed by atoms with Crippen molar-refractivity contribution >= 4 is 54.5 Å². The minimum atomic E-state index is -2.16.